The van der Waals surface area contributed by atoms with Crippen molar-refractivity contribution in [1.82, 2.24) is 9.97 Å². The summed E-state index contributed by atoms with van der Waals surface area (Å²) in [4.78, 5) is 22.3. The molecule has 9 nitrogen and oxygen atoms in total. The van der Waals surface area contributed by atoms with Crippen LogP contribution in [0.15, 0.2) is 48.8 Å². The third-order valence-corrected chi connectivity index (χ3v) is 5.03. The molecule has 0 radical (unpaired) electrons. The molecule has 1 aromatic carbocycles. The number of benzene rings is 1. The number of hydrogen-bond acceptors (Lipinski definition) is 6. The second-order valence-electron chi connectivity index (χ2n) is 7.93. The van der Waals surface area contributed by atoms with Gasteiger partial charge in [0.2, 0.25) is 5.88 Å². The molecule has 192 valence electrons. The number of aromatic nitrogens is 2. The van der Waals surface area contributed by atoms with Crippen molar-refractivity contribution in [1.29, 1.82) is 0 Å². The van der Waals surface area contributed by atoms with Gasteiger partial charge in [0.05, 0.1) is 29.4 Å². The van der Waals surface area contributed by atoms with E-state index in [1.165, 1.54) is 24.1 Å². The summed E-state index contributed by atoms with van der Waals surface area (Å²) in [6.45, 7) is 3.54. The van der Waals surface area contributed by atoms with Crippen LogP contribution in [0, 0.1) is 13.8 Å². The minimum atomic E-state index is -4.48. The summed E-state index contributed by atoms with van der Waals surface area (Å²) in [5.41, 5.74) is 1.52. The van der Waals surface area contributed by atoms with Gasteiger partial charge in [-0.2, -0.15) is 21.6 Å². The Morgan fingerprint density at radius 1 is 1.17 bits per heavy atom. The molecular formula is C23H23F3N4O5S. The van der Waals surface area contributed by atoms with E-state index < -0.39 is 27.9 Å². The summed E-state index contributed by atoms with van der Waals surface area (Å²) in [5.74, 6) is 0.891. The summed E-state index contributed by atoms with van der Waals surface area (Å²) in [6.07, 6.45) is -0.184. The molecule has 0 fully saturated rings. The quantitative estimate of drug-likeness (QED) is 0.462. The summed E-state index contributed by atoms with van der Waals surface area (Å²) >= 11 is 0. The number of aryl methyl sites for hydroxylation is 2. The molecular weight excluding hydrogens is 501 g/mol. The van der Waals surface area contributed by atoms with Gasteiger partial charge >= 0.3 is 12.2 Å². The Kier molecular flexibility index (Phi) is 7.84. The van der Waals surface area contributed by atoms with Gasteiger partial charge in [-0.1, -0.05) is 6.07 Å². The number of anilines is 2. The fraction of sp³-hybridized carbons (Fsp3) is 0.261. The van der Waals surface area contributed by atoms with E-state index >= 15 is 0 Å². The highest BCUT2D eigenvalue weighted by Crippen LogP contribution is 2.38. The van der Waals surface area contributed by atoms with Gasteiger partial charge in [-0.05, 0) is 55.7 Å². The smallest absolute Gasteiger partial charge is 0.416 e. The summed E-state index contributed by atoms with van der Waals surface area (Å²) in [5, 5.41) is 2.68. The van der Waals surface area contributed by atoms with E-state index in [-0.39, 0.29) is 11.3 Å². The Balaban J connectivity index is 0.000000658. The van der Waals surface area contributed by atoms with Crippen molar-refractivity contribution in [2.45, 2.75) is 26.4 Å². The summed E-state index contributed by atoms with van der Waals surface area (Å²) < 4.78 is 71.3. The molecule has 0 bridgehead atoms. The van der Waals surface area contributed by atoms with Crippen molar-refractivity contribution in [3.63, 3.8) is 0 Å². The maximum atomic E-state index is 13.3. The molecule has 0 atom stereocenters. The summed E-state index contributed by atoms with van der Waals surface area (Å²) in [6, 6.07) is 8.74. The van der Waals surface area contributed by atoms with Crippen LogP contribution in [0.3, 0.4) is 0 Å². The number of nitrogens with one attached hydrogen (secondary N) is 1. The Labute approximate surface area is 205 Å². The number of rotatable bonds is 3. The zero-order valence-electron chi connectivity index (χ0n) is 19.5. The lowest BCUT2D eigenvalue weighted by molar-refractivity contribution is -0.138. The summed E-state index contributed by atoms with van der Waals surface area (Å²) in [7, 11) is -3.67. The van der Waals surface area contributed by atoms with E-state index in [2.05, 4.69) is 15.3 Å². The minimum Gasteiger partial charge on any atom is -0.437 e. The monoisotopic (exact) mass is 524 g/mol. The highest BCUT2D eigenvalue weighted by molar-refractivity contribution is 7.85. The molecule has 2 amide bonds. The Morgan fingerprint density at radius 3 is 2.44 bits per heavy atom. The topological polar surface area (TPSA) is 122 Å². The molecule has 3 heterocycles. The Bertz CT molecular complexity index is 1360. The molecule has 0 aliphatic carbocycles. The lowest BCUT2D eigenvalue weighted by Gasteiger charge is -2.20. The lowest BCUT2D eigenvalue weighted by atomic mass is 10.0. The molecule has 36 heavy (non-hydrogen) atoms. The van der Waals surface area contributed by atoms with Crippen molar-refractivity contribution < 1.29 is 35.7 Å². The minimum absolute atomic E-state index is 0.150. The first-order chi connectivity index (χ1) is 16.7. The van der Waals surface area contributed by atoms with Crippen LogP contribution in [0.4, 0.5) is 29.3 Å². The molecule has 0 saturated heterocycles. The van der Waals surface area contributed by atoms with Crippen LogP contribution in [-0.4, -0.2) is 41.8 Å². The van der Waals surface area contributed by atoms with Crippen LogP contribution in [0.2, 0.25) is 0 Å². The highest BCUT2D eigenvalue weighted by atomic mass is 32.2. The number of halogens is 3. The largest absolute Gasteiger partial charge is 0.437 e. The zero-order chi connectivity index (χ0) is 26.7. The maximum absolute atomic E-state index is 13.3. The number of carbonyl (C=O) groups is 1. The standard InChI is InChI=1S/C22H19F3N4O2.CH4O3S/c1-13-10-15-7-9-29(18(15)11-17(13)22(23,24)25)21(30)28-16-5-6-20(27-12-16)31-19-4-3-8-26-14(19)2;1-5(2,3)4/h3-6,8,10-12H,7,9H2,1-2H3,(H,28,30);1H3,(H,2,3,4). The van der Waals surface area contributed by atoms with Crippen LogP contribution < -0.4 is 15.0 Å². The van der Waals surface area contributed by atoms with Crippen molar-refractivity contribution in [2.24, 2.45) is 0 Å². The molecule has 2 N–H and O–H groups in total. The van der Waals surface area contributed by atoms with E-state index in [9.17, 15) is 26.4 Å². The molecule has 1 aliphatic rings. The van der Waals surface area contributed by atoms with Crippen LogP contribution in [-0.2, 0) is 22.7 Å². The number of hydrogen-bond donors (Lipinski definition) is 2. The lowest BCUT2D eigenvalue weighted by Crippen LogP contribution is -2.33. The molecule has 0 saturated carbocycles. The van der Waals surface area contributed by atoms with Gasteiger partial charge in [-0.3, -0.25) is 14.4 Å². The fourth-order valence-electron chi connectivity index (χ4n) is 3.47. The molecule has 3 aromatic rings. The predicted molar refractivity (Wildman–Crippen MR) is 127 cm³/mol. The molecule has 0 unspecified atom stereocenters. The third kappa shape index (κ3) is 7.15. The van der Waals surface area contributed by atoms with E-state index in [1.54, 1.807) is 30.5 Å². The average Bonchev–Trinajstić information content (AvgIpc) is 3.17. The number of amides is 2. The number of pyridine rings is 2. The van der Waals surface area contributed by atoms with Crippen molar-refractivity contribution in [3.8, 4) is 11.6 Å². The van der Waals surface area contributed by atoms with Gasteiger partial charge in [-0.25, -0.2) is 9.78 Å². The van der Waals surface area contributed by atoms with Crippen molar-refractivity contribution >= 4 is 27.5 Å². The van der Waals surface area contributed by atoms with E-state index in [0.717, 1.165) is 11.6 Å². The second-order valence-corrected chi connectivity index (χ2v) is 9.40. The van der Waals surface area contributed by atoms with E-state index in [1.807, 2.05) is 6.92 Å². The van der Waals surface area contributed by atoms with Crippen LogP contribution in [0.1, 0.15) is 22.4 Å². The normalized spacial score (nSPS) is 12.9. The molecule has 0 spiro atoms. The van der Waals surface area contributed by atoms with E-state index in [0.29, 0.717) is 42.2 Å². The fourth-order valence-corrected chi connectivity index (χ4v) is 3.47. The van der Waals surface area contributed by atoms with Crippen LogP contribution in [0.5, 0.6) is 11.6 Å². The first-order valence-electron chi connectivity index (χ1n) is 10.5. The SMILES string of the molecule is CS(=O)(=O)O.Cc1cc2c(cc1C(F)(F)F)N(C(=O)Nc1ccc(Oc3cccnc3C)nc1)CC2. The highest BCUT2D eigenvalue weighted by Gasteiger charge is 2.35. The van der Waals surface area contributed by atoms with Gasteiger partial charge < -0.3 is 10.1 Å². The van der Waals surface area contributed by atoms with Gasteiger partial charge in [0.15, 0.2) is 5.75 Å². The number of urea groups is 1. The van der Waals surface area contributed by atoms with Crippen molar-refractivity contribution in [2.75, 3.05) is 23.0 Å². The number of nitrogens with zero attached hydrogens (tertiary/aromatic N) is 3. The van der Waals surface area contributed by atoms with E-state index in [4.69, 9.17) is 9.29 Å². The van der Waals surface area contributed by atoms with Crippen LogP contribution in [0.25, 0.3) is 0 Å². The Morgan fingerprint density at radius 2 is 1.86 bits per heavy atom. The Hall–Kier alpha value is -3.71. The number of ether oxygens (including phenoxy) is 1. The number of fused-ring (bicyclic) bond motifs is 1. The van der Waals surface area contributed by atoms with Gasteiger partial charge in [0.1, 0.15) is 0 Å². The first kappa shape index (κ1) is 26.9. The molecule has 13 heteroatoms. The predicted octanol–water partition coefficient (Wildman–Crippen LogP) is 5.00. The third-order valence-electron chi connectivity index (χ3n) is 5.03. The maximum Gasteiger partial charge on any atom is 0.416 e. The first-order valence-corrected chi connectivity index (χ1v) is 12.3. The molecule has 1 aliphatic heterocycles. The number of alkyl halides is 3. The van der Waals surface area contributed by atoms with Crippen molar-refractivity contribution in [3.05, 3.63) is 71.2 Å². The second kappa shape index (κ2) is 10.5. The zero-order valence-corrected chi connectivity index (χ0v) is 20.3. The molecule has 4 rings (SSSR count). The number of carbonyl (C=O) groups excluding carboxylic acids is 1. The van der Waals surface area contributed by atoms with Gasteiger partial charge in [0, 0.05) is 24.5 Å². The van der Waals surface area contributed by atoms with Crippen LogP contribution >= 0.6 is 0 Å². The van der Waals surface area contributed by atoms with Gasteiger partial charge in [0.25, 0.3) is 10.1 Å². The molecule has 2 aromatic heterocycles. The average molecular weight is 525 g/mol. The van der Waals surface area contributed by atoms with Gasteiger partial charge in [-0.15, -0.1) is 0 Å².